The van der Waals surface area contributed by atoms with Crippen LogP contribution in [0.4, 0.5) is 0 Å². The van der Waals surface area contributed by atoms with Crippen molar-refractivity contribution in [2.24, 2.45) is 11.8 Å². The molecule has 1 rings (SSSR count). The molecule has 0 spiro atoms. The SMILES string of the molecule is COC1=C(OC)C(O)C(C/C=C(\C)CCC(=O)O)C(C)C1O. The number of aliphatic hydroxyl groups excluding tert-OH is 2. The molecular formula is C16H26O6. The lowest BCUT2D eigenvalue weighted by atomic mass is 9.76. The molecule has 4 unspecified atom stereocenters. The molecule has 0 radical (unpaired) electrons. The zero-order valence-corrected chi connectivity index (χ0v) is 13.6. The molecular weight excluding hydrogens is 288 g/mol. The van der Waals surface area contributed by atoms with Gasteiger partial charge in [-0.25, -0.2) is 0 Å². The van der Waals surface area contributed by atoms with Crippen molar-refractivity contribution in [3.05, 3.63) is 23.2 Å². The van der Waals surface area contributed by atoms with E-state index in [0.717, 1.165) is 5.57 Å². The summed E-state index contributed by atoms with van der Waals surface area (Å²) < 4.78 is 10.3. The maximum Gasteiger partial charge on any atom is 0.303 e. The molecule has 0 fully saturated rings. The average Bonchev–Trinajstić information content (AvgIpc) is 2.48. The van der Waals surface area contributed by atoms with E-state index in [1.54, 1.807) is 0 Å². The fraction of sp³-hybridized carbons (Fsp3) is 0.688. The molecule has 0 heterocycles. The Kier molecular flexibility index (Phi) is 6.90. The molecule has 6 heteroatoms. The lowest BCUT2D eigenvalue weighted by Crippen LogP contribution is -2.42. The fourth-order valence-corrected chi connectivity index (χ4v) is 2.78. The van der Waals surface area contributed by atoms with Gasteiger partial charge in [-0.1, -0.05) is 18.6 Å². The second kappa shape index (κ2) is 8.19. The monoisotopic (exact) mass is 314 g/mol. The van der Waals surface area contributed by atoms with E-state index in [0.29, 0.717) is 12.8 Å². The number of hydrogen-bond acceptors (Lipinski definition) is 5. The second-order valence-electron chi connectivity index (χ2n) is 5.73. The maximum absolute atomic E-state index is 10.6. The second-order valence-corrected chi connectivity index (χ2v) is 5.73. The number of methoxy groups -OCH3 is 2. The first-order valence-corrected chi connectivity index (χ1v) is 7.39. The smallest absolute Gasteiger partial charge is 0.303 e. The van der Waals surface area contributed by atoms with Crippen LogP contribution in [0.3, 0.4) is 0 Å². The predicted molar refractivity (Wildman–Crippen MR) is 81.0 cm³/mol. The third kappa shape index (κ3) is 4.24. The van der Waals surface area contributed by atoms with Crippen LogP contribution < -0.4 is 0 Å². The lowest BCUT2D eigenvalue weighted by molar-refractivity contribution is -0.136. The van der Waals surface area contributed by atoms with Crippen LogP contribution in [-0.4, -0.2) is 47.7 Å². The molecule has 6 nitrogen and oxygen atoms in total. The third-order valence-corrected chi connectivity index (χ3v) is 4.27. The van der Waals surface area contributed by atoms with E-state index in [4.69, 9.17) is 14.6 Å². The summed E-state index contributed by atoms with van der Waals surface area (Å²) in [7, 11) is 2.87. The van der Waals surface area contributed by atoms with E-state index in [2.05, 4.69) is 0 Å². The van der Waals surface area contributed by atoms with E-state index >= 15 is 0 Å². The third-order valence-electron chi connectivity index (χ3n) is 4.27. The summed E-state index contributed by atoms with van der Waals surface area (Å²) >= 11 is 0. The highest BCUT2D eigenvalue weighted by molar-refractivity contribution is 5.66. The van der Waals surface area contributed by atoms with E-state index < -0.39 is 18.2 Å². The number of hydrogen-bond donors (Lipinski definition) is 3. The number of ether oxygens (including phenoxy) is 2. The number of aliphatic hydroxyl groups is 2. The van der Waals surface area contributed by atoms with Crippen LogP contribution >= 0.6 is 0 Å². The summed E-state index contributed by atoms with van der Waals surface area (Å²) in [6.45, 7) is 3.72. The minimum atomic E-state index is -0.859. The van der Waals surface area contributed by atoms with Crippen molar-refractivity contribution in [3.8, 4) is 0 Å². The van der Waals surface area contributed by atoms with Crippen LogP contribution in [0.25, 0.3) is 0 Å². The van der Waals surface area contributed by atoms with Crippen LogP contribution in [0, 0.1) is 11.8 Å². The summed E-state index contributed by atoms with van der Waals surface area (Å²) in [6.07, 6.45) is 1.33. The molecule has 0 aromatic rings. The van der Waals surface area contributed by atoms with Crippen LogP contribution in [0.15, 0.2) is 23.2 Å². The molecule has 0 amide bonds. The van der Waals surface area contributed by atoms with Crippen LogP contribution in [-0.2, 0) is 14.3 Å². The average molecular weight is 314 g/mol. The summed E-state index contributed by atoms with van der Waals surface area (Å²) in [5, 5.41) is 29.4. The van der Waals surface area contributed by atoms with E-state index in [1.165, 1.54) is 14.2 Å². The van der Waals surface area contributed by atoms with Gasteiger partial charge in [0, 0.05) is 12.3 Å². The molecule has 0 aromatic heterocycles. The Labute approximate surface area is 131 Å². The fourth-order valence-electron chi connectivity index (χ4n) is 2.78. The summed E-state index contributed by atoms with van der Waals surface area (Å²) in [5.74, 6) is -0.723. The predicted octanol–water partition coefficient (Wildman–Crippen LogP) is 1.68. The Hall–Kier alpha value is -1.53. The van der Waals surface area contributed by atoms with Gasteiger partial charge in [0.25, 0.3) is 0 Å². The normalized spacial score (nSPS) is 29.5. The summed E-state index contributed by atoms with van der Waals surface area (Å²) in [5.41, 5.74) is 0.955. The van der Waals surface area contributed by atoms with Gasteiger partial charge in [-0.2, -0.15) is 0 Å². The highest BCUT2D eigenvalue weighted by Crippen LogP contribution is 2.37. The van der Waals surface area contributed by atoms with Gasteiger partial charge < -0.3 is 24.8 Å². The highest BCUT2D eigenvalue weighted by atomic mass is 16.5. The number of carboxylic acid groups (broad SMARTS) is 1. The molecule has 126 valence electrons. The highest BCUT2D eigenvalue weighted by Gasteiger charge is 2.42. The molecule has 22 heavy (non-hydrogen) atoms. The van der Waals surface area contributed by atoms with Crippen LogP contribution in [0.2, 0.25) is 0 Å². The minimum absolute atomic E-state index is 0.0881. The Balaban J connectivity index is 2.85. The molecule has 1 aliphatic rings. The Morgan fingerprint density at radius 3 is 2.18 bits per heavy atom. The van der Waals surface area contributed by atoms with E-state index in [-0.39, 0.29) is 29.8 Å². The quantitative estimate of drug-likeness (QED) is 0.619. The Bertz CT molecular complexity index is 454. The first kappa shape index (κ1) is 18.5. The van der Waals surface area contributed by atoms with Crippen molar-refractivity contribution in [2.45, 2.75) is 45.3 Å². The first-order chi connectivity index (χ1) is 10.3. The van der Waals surface area contributed by atoms with Crippen molar-refractivity contribution < 1.29 is 29.6 Å². The van der Waals surface area contributed by atoms with Crippen molar-refractivity contribution in [1.82, 2.24) is 0 Å². The van der Waals surface area contributed by atoms with Crippen LogP contribution in [0.1, 0.15) is 33.1 Å². The molecule has 0 bridgehead atoms. The zero-order valence-electron chi connectivity index (χ0n) is 13.6. The van der Waals surface area contributed by atoms with Gasteiger partial charge in [-0.05, 0) is 25.7 Å². The van der Waals surface area contributed by atoms with Crippen molar-refractivity contribution >= 4 is 5.97 Å². The summed E-state index contributed by atoms with van der Waals surface area (Å²) in [6, 6.07) is 0. The number of allylic oxidation sites excluding steroid dienone is 2. The standard InChI is InChI=1S/C16H26O6/c1-9(6-8-12(17)18)5-7-11-10(2)13(19)15(21-3)16(22-4)14(11)20/h5,10-11,13-14,19-20H,6-8H2,1-4H3,(H,17,18)/b9-5+. The molecule has 0 saturated carbocycles. The van der Waals surface area contributed by atoms with Gasteiger partial charge in [-0.3, -0.25) is 4.79 Å². The molecule has 0 aliphatic heterocycles. The van der Waals surface area contributed by atoms with E-state index in [1.807, 2.05) is 19.9 Å². The van der Waals surface area contributed by atoms with Crippen molar-refractivity contribution in [1.29, 1.82) is 0 Å². The molecule has 0 saturated heterocycles. The van der Waals surface area contributed by atoms with E-state index in [9.17, 15) is 15.0 Å². The maximum atomic E-state index is 10.6. The van der Waals surface area contributed by atoms with Gasteiger partial charge in [-0.15, -0.1) is 0 Å². The van der Waals surface area contributed by atoms with Gasteiger partial charge in [0.2, 0.25) is 0 Å². The topological polar surface area (TPSA) is 96.2 Å². The number of carboxylic acids is 1. The molecule has 4 atom stereocenters. The number of rotatable bonds is 7. The van der Waals surface area contributed by atoms with Crippen LogP contribution in [0.5, 0.6) is 0 Å². The first-order valence-electron chi connectivity index (χ1n) is 7.39. The molecule has 3 N–H and O–H groups in total. The van der Waals surface area contributed by atoms with Gasteiger partial charge in [0.15, 0.2) is 11.5 Å². The zero-order chi connectivity index (χ0) is 16.9. The van der Waals surface area contributed by atoms with Gasteiger partial charge in [0.05, 0.1) is 14.2 Å². The lowest BCUT2D eigenvalue weighted by Gasteiger charge is -2.38. The largest absolute Gasteiger partial charge is 0.495 e. The van der Waals surface area contributed by atoms with Gasteiger partial charge in [0.1, 0.15) is 12.2 Å². The molecule has 0 aromatic carbocycles. The van der Waals surface area contributed by atoms with Crippen molar-refractivity contribution in [2.75, 3.05) is 14.2 Å². The van der Waals surface area contributed by atoms with Gasteiger partial charge >= 0.3 is 5.97 Å². The Morgan fingerprint density at radius 1 is 1.14 bits per heavy atom. The van der Waals surface area contributed by atoms with Crippen molar-refractivity contribution in [3.63, 3.8) is 0 Å². The summed E-state index contributed by atoms with van der Waals surface area (Å²) in [4.78, 5) is 10.6. The molecule has 1 aliphatic carbocycles. The minimum Gasteiger partial charge on any atom is -0.495 e. The number of aliphatic carboxylic acids is 1. The number of carbonyl (C=O) groups is 1. The Morgan fingerprint density at radius 2 is 1.68 bits per heavy atom.